The Balaban J connectivity index is 1.74. The van der Waals surface area contributed by atoms with Crippen LogP contribution in [-0.4, -0.2) is 66.7 Å². The average Bonchev–Trinajstić information content (AvgIpc) is 3.18. The van der Waals surface area contributed by atoms with Crippen molar-refractivity contribution in [3.63, 3.8) is 0 Å². The molecule has 0 bridgehead atoms. The summed E-state index contributed by atoms with van der Waals surface area (Å²) in [6.07, 6.45) is 5.79. The van der Waals surface area contributed by atoms with Gasteiger partial charge in [-0.2, -0.15) is 0 Å². The number of hydrogen-bond donors (Lipinski definition) is 1. The van der Waals surface area contributed by atoms with Crippen LogP contribution in [0.2, 0.25) is 0 Å². The van der Waals surface area contributed by atoms with Crippen LogP contribution >= 0.6 is 11.8 Å². The Hall–Kier alpha value is -0.640. The summed E-state index contributed by atoms with van der Waals surface area (Å²) in [7, 11) is -2.95. The molecular formula is C15H26N4O3S2. The zero-order chi connectivity index (χ0) is 17.0. The predicted octanol–water partition coefficient (Wildman–Crippen LogP) is 1.06. The molecule has 0 amide bonds. The molecule has 1 N–H and O–H groups in total. The van der Waals surface area contributed by atoms with E-state index in [4.69, 9.17) is 4.74 Å². The molecule has 0 radical (unpaired) electrons. The minimum atomic E-state index is -2.95. The van der Waals surface area contributed by atoms with Crippen LogP contribution in [0.1, 0.15) is 37.4 Å². The number of rotatable bonds is 7. The highest BCUT2D eigenvalue weighted by Gasteiger charge is 2.26. The number of aromatic nitrogens is 3. The first-order valence-corrected chi connectivity index (χ1v) is 11.6. The summed E-state index contributed by atoms with van der Waals surface area (Å²) in [5.74, 6) is 2.13. The zero-order valence-electron chi connectivity index (χ0n) is 14.1. The van der Waals surface area contributed by atoms with E-state index in [1.54, 1.807) is 0 Å². The number of piperidine rings is 1. The van der Waals surface area contributed by atoms with E-state index in [9.17, 15) is 8.42 Å². The van der Waals surface area contributed by atoms with Gasteiger partial charge in [-0.25, -0.2) is 8.42 Å². The van der Waals surface area contributed by atoms with Gasteiger partial charge < -0.3 is 14.6 Å². The average molecular weight is 375 g/mol. The molecule has 0 spiro atoms. The Kier molecular flexibility index (Phi) is 6.17. The largest absolute Gasteiger partial charge is 0.376 e. The van der Waals surface area contributed by atoms with Gasteiger partial charge in [0.2, 0.25) is 0 Å². The van der Waals surface area contributed by atoms with Gasteiger partial charge >= 0.3 is 0 Å². The van der Waals surface area contributed by atoms with Gasteiger partial charge in [0.15, 0.2) is 5.16 Å². The zero-order valence-corrected chi connectivity index (χ0v) is 15.7. The second-order valence-corrected chi connectivity index (χ2v) is 9.91. The van der Waals surface area contributed by atoms with Crippen LogP contribution in [0.4, 0.5) is 0 Å². The molecule has 3 rings (SSSR count). The fraction of sp³-hybridized carbons (Fsp3) is 0.867. The number of hydrogen-bond acceptors (Lipinski definition) is 7. The lowest BCUT2D eigenvalue weighted by Crippen LogP contribution is -2.29. The molecule has 1 unspecified atom stereocenters. The van der Waals surface area contributed by atoms with E-state index in [1.165, 1.54) is 18.0 Å². The number of thioether (sulfide) groups is 1. The highest BCUT2D eigenvalue weighted by molar-refractivity contribution is 8.00. The Labute approximate surface area is 147 Å². The summed E-state index contributed by atoms with van der Waals surface area (Å²) in [5.41, 5.74) is 0. The van der Waals surface area contributed by atoms with Gasteiger partial charge in [0.05, 0.1) is 18.4 Å². The molecule has 1 aromatic heterocycles. The number of sulfone groups is 1. The third-order valence-corrected chi connectivity index (χ3v) is 6.72. The highest BCUT2D eigenvalue weighted by Crippen LogP contribution is 2.29. The molecule has 0 aromatic carbocycles. The summed E-state index contributed by atoms with van der Waals surface area (Å²) in [6.45, 7) is 3.61. The Morgan fingerprint density at radius 3 is 2.75 bits per heavy atom. The second kappa shape index (κ2) is 8.16. The van der Waals surface area contributed by atoms with Crippen molar-refractivity contribution in [1.29, 1.82) is 0 Å². The third kappa shape index (κ3) is 4.93. The van der Waals surface area contributed by atoms with E-state index in [-0.39, 0.29) is 11.9 Å². The van der Waals surface area contributed by atoms with E-state index in [0.717, 1.165) is 62.9 Å². The lowest BCUT2D eigenvalue weighted by atomic mass is 9.97. The Morgan fingerprint density at radius 2 is 2.08 bits per heavy atom. The fourth-order valence-electron chi connectivity index (χ4n) is 3.24. The number of nitrogens with one attached hydrogen (secondary N) is 1. The van der Waals surface area contributed by atoms with Crippen molar-refractivity contribution in [2.75, 3.05) is 37.5 Å². The second-order valence-electron chi connectivity index (χ2n) is 6.59. The van der Waals surface area contributed by atoms with Gasteiger partial charge in [-0.1, -0.05) is 11.8 Å². The van der Waals surface area contributed by atoms with Crippen molar-refractivity contribution in [3.05, 3.63) is 5.82 Å². The van der Waals surface area contributed by atoms with E-state index in [1.807, 2.05) is 0 Å². The molecule has 0 aliphatic carbocycles. The summed E-state index contributed by atoms with van der Waals surface area (Å²) in [5, 5.41) is 13.0. The van der Waals surface area contributed by atoms with Crippen LogP contribution in [0.15, 0.2) is 5.16 Å². The molecule has 1 aromatic rings. The van der Waals surface area contributed by atoms with Crippen LogP contribution in [0.25, 0.3) is 0 Å². The van der Waals surface area contributed by atoms with Gasteiger partial charge in [-0.15, -0.1) is 10.2 Å². The number of ether oxygens (including phenoxy) is 1. The SMILES string of the molecule is CS(=O)(=O)CCSc1nnc(C2CCNCC2)n1CC1CCCO1. The predicted molar refractivity (Wildman–Crippen MR) is 94.3 cm³/mol. The van der Waals surface area contributed by atoms with Crippen molar-refractivity contribution >= 4 is 21.6 Å². The molecule has 2 aliphatic rings. The lowest BCUT2D eigenvalue weighted by molar-refractivity contribution is 0.0936. The van der Waals surface area contributed by atoms with Crippen LogP contribution < -0.4 is 5.32 Å². The summed E-state index contributed by atoms with van der Waals surface area (Å²) in [6, 6.07) is 0. The van der Waals surface area contributed by atoms with Crippen molar-refractivity contribution in [1.82, 2.24) is 20.1 Å². The normalized spacial score (nSPS) is 23.0. The molecule has 24 heavy (non-hydrogen) atoms. The maximum absolute atomic E-state index is 11.4. The third-order valence-electron chi connectivity index (χ3n) is 4.55. The first-order valence-electron chi connectivity index (χ1n) is 8.59. The molecule has 1 atom stereocenters. The van der Waals surface area contributed by atoms with Gasteiger partial charge in [-0.3, -0.25) is 0 Å². The molecule has 2 saturated heterocycles. The molecule has 7 nitrogen and oxygen atoms in total. The monoisotopic (exact) mass is 374 g/mol. The molecule has 136 valence electrons. The van der Waals surface area contributed by atoms with E-state index in [0.29, 0.717) is 11.7 Å². The van der Waals surface area contributed by atoms with Crippen LogP contribution in [0.3, 0.4) is 0 Å². The molecule has 2 fully saturated rings. The van der Waals surface area contributed by atoms with Crippen LogP contribution in [0.5, 0.6) is 0 Å². The van der Waals surface area contributed by atoms with Crippen molar-refractivity contribution < 1.29 is 13.2 Å². The molecule has 9 heteroatoms. The first-order chi connectivity index (χ1) is 11.5. The molecule has 2 aliphatic heterocycles. The molecule has 3 heterocycles. The summed E-state index contributed by atoms with van der Waals surface area (Å²) < 4.78 is 30.7. The quantitative estimate of drug-likeness (QED) is 0.714. The Bertz CT molecular complexity index is 635. The standard InChI is InChI=1S/C15H26N4O3S2/c1-24(20,21)10-9-23-15-18-17-14(12-4-6-16-7-5-12)19(15)11-13-3-2-8-22-13/h12-13,16H,2-11H2,1H3. The summed E-state index contributed by atoms with van der Waals surface area (Å²) in [4.78, 5) is 0. The van der Waals surface area contributed by atoms with E-state index in [2.05, 4.69) is 20.1 Å². The van der Waals surface area contributed by atoms with Gasteiger partial charge in [0, 0.05) is 24.5 Å². The van der Waals surface area contributed by atoms with Crippen molar-refractivity contribution in [2.45, 2.75) is 49.4 Å². The lowest BCUT2D eigenvalue weighted by Gasteiger charge is -2.23. The summed E-state index contributed by atoms with van der Waals surface area (Å²) >= 11 is 1.48. The van der Waals surface area contributed by atoms with Gasteiger partial charge in [-0.05, 0) is 38.8 Å². The highest BCUT2D eigenvalue weighted by atomic mass is 32.2. The molecular weight excluding hydrogens is 348 g/mol. The van der Waals surface area contributed by atoms with Crippen molar-refractivity contribution in [2.24, 2.45) is 0 Å². The minimum Gasteiger partial charge on any atom is -0.376 e. The van der Waals surface area contributed by atoms with Crippen LogP contribution in [-0.2, 0) is 21.1 Å². The smallest absolute Gasteiger partial charge is 0.191 e. The van der Waals surface area contributed by atoms with Crippen LogP contribution in [0, 0.1) is 0 Å². The van der Waals surface area contributed by atoms with Crippen molar-refractivity contribution in [3.8, 4) is 0 Å². The number of nitrogens with zero attached hydrogens (tertiary/aromatic N) is 3. The van der Waals surface area contributed by atoms with Gasteiger partial charge in [0.1, 0.15) is 15.7 Å². The topological polar surface area (TPSA) is 86.1 Å². The van der Waals surface area contributed by atoms with Gasteiger partial charge in [0.25, 0.3) is 0 Å². The Morgan fingerprint density at radius 1 is 1.29 bits per heavy atom. The molecule has 0 saturated carbocycles. The first kappa shape index (κ1) is 18.2. The van der Waals surface area contributed by atoms with E-state index >= 15 is 0 Å². The fourth-order valence-corrected chi connectivity index (χ4v) is 5.39. The van der Waals surface area contributed by atoms with E-state index < -0.39 is 9.84 Å². The maximum Gasteiger partial charge on any atom is 0.191 e. The minimum absolute atomic E-state index is 0.160. The maximum atomic E-state index is 11.4.